The molecule has 1 aromatic carbocycles. The number of hydrogen-bond donors (Lipinski definition) is 2. The van der Waals surface area contributed by atoms with E-state index in [-0.39, 0.29) is 30.3 Å². The van der Waals surface area contributed by atoms with E-state index in [1.54, 1.807) is 0 Å². The molecule has 28 heavy (non-hydrogen) atoms. The monoisotopic (exact) mass is 385 g/mol. The number of imide groups is 1. The zero-order chi connectivity index (χ0) is 20.3. The fraction of sp³-hybridized carbons (Fsp3) is 0.591. The lowest BCUT2D eigenvalue weighted by Crippen LogP contribution is -2.46. The van der Waals surface area contributed by atoms with Crippen LogP contribution < -0.4 is 10.6 Å². The fourth-order valence-corrected chi connectivity index (χ4v) is 4.32. The van der Waals surface area contributed by atoms with Gasteiger partial charge in [0.15, 0.2) is 0 Å². The molecule has 2 aliphatic rings. The second-order valence-corrected chi connectivity index (χ2v) is 8.39. The van der Waals surface area contributed by atoms with Crippen LogP contribution in [0.25, 0.3) is 0 Å². The van der Waals surface area contributed by atoms with E-state index in [9.17, 15) is 14.4 Å². The molecule has 1 heterocycles. The van der Waals surface area contributed by atoms with Crippen LogP contribution in [0.3, 0.4) is 0 Å². The molecule has 1 saturated carbocycles. The SMILES string of the molecule is CCCc1ccc(C(NC(=O)CN2C(=O)NC3(CCCC3)C2=O)C(C)C)cc1. The van der Waals surface area contributed by atoms with E-state index in [2.05, 4.69) is 41.8 Å². The molecule has 4 amide bonds. The van der Waals surface area contributed by atoms with Crippen LogP contribution in [0.2, 0.25) is 0 Å². The van der Waals surface area contributed by atoms with Gasteiger partial charge in [0, 0.05) is 0 Å². The molecule has 2 N–H and O–H groups in total. The Balaban J connectivity index is 1.66. The first-order valence-corrected chi connectivity index (χ1v) is 10.4. The van der Waals surface area contributed by atoms with E-state index in [1.807, 2.05) is 13.8 Å². The number of aryl methyl sites for hydroxylation is 1. The molecule has 1 unspecified atom stereocenters. The Morgan fingerprint density at radius 1 is 1.18 bits per heavy atom. The van der Waals surface area contributed by atoms with Crippen LogP contribution in [0.15, 0.2) is 24.3 Å². The lowest BCUT2D eigenvalue weighted by atomic mass is 9.94. The highest BCUT2D eigenvalue weighted by Crippen LogP contribution is 2.35. The zero-order valence-corrected chi connectivity index (χ0v) is 17.1. The highest BCUT2D eigenvalue weighted by molar-refractivity contribution is 6.09. The molecule has 1 aliphatic carbocycles. The normalized spacial score (nSPS) is 19.4. The van der Waals surface area contributed by atoms with Crippen molar-refractivity contribution in [3.8, 4) is 0 Å². The quantitative estimate of drug-likeness (QED) is 0.707. The number of urea groups is 1. The van der Waals surface area contributed by atoms with Crippen molar-refractivity contribution in [1.82, 2.24) is 15.5 Å². The lowest BCUT2D eigenvalue weighted by Gasteiger charge is -2.24. The maximum Gasteiger partial charge on any atom is 0.325 e. The summed E-state index contributed by atoms with van der Waals surface area (Å²) in [5, 5.41) is 5.84. The Hall–Kier alpha value is -2.37. The van der Waals surface area contributed by atoms with Gasteiger partial charge in [0.1, 0.15) is 12.1 Å². The predicted octanol–water partition coefficient (Wildman–Crippen LogP) is 3.32. The van der Waals surface area contributed by atoms with Crippen molar-refractivity contribution >= 4 is 17.8 Å². The van der Waals surface area contributed by atoms with E-state index in [4.69, 9.17) is 0 Å². The minimum atomic E-state index is -0.774. The fourth-order valence-electron chi connectivity index (χ4n) is 4.32. The van der Waals surface area contributed by atoms with Crippen molar-refractivity contribution in [1.29, 1.82) is 0 Å². The molecule has 0 aromatic heterocycles. The summed E-state index contributed by atoms with van der Waals surface area (Å²) in [4.78, 5) is 38.7. The molecule has 1 saturated heterocycles. The smallest absolute Gasteiger partial charge is 0.325 e. The number of nitrogens with zero attached hydrogens (tertiary/aromatic N) is 1. The molecule has 1 atom stereocenters. The lowest BCUT2D eigenvalue weighted by molar-refractivity contribution is -0.135. The van der Waals surface area contributed by atoms with Gasteiger partial charge in [0.25, 0.3) is 5.91 Å². The second kappa shape index (κ2) is 8.33. The summed E-state index contributed by atoms with van der Waals surface area (Å²) in [5.41, 5.74) is 1.54. The molecule has 3 rings (SSSR count). The maximum atomic E-state index is 12.7. The maximum absolute atomic E-state index is 12.7. The third-order valence-corrected chi connectivity index (χ3v) is 5.87. The average Bonchev–Trinajstić information content (AvgIpc) is 3.21. The molecule has 0 bridgehead atoms. The van der Waals surface area contributed by atoms with Crippen molar-refractivity contribution in [2.45, 2.75) is 70.9 Å². The highest BCUT2D eigenvalue weighted by Gasteiger charge is 2.52. The zero-order valence-electron chi connectivity index (χ0n) is 17.1. The first-order valence-electron chi connectivity index (χ1n) is 10.4. The van der Waals surface area contributed by atoms with Gasteiger partial charge in [0.05, 0.1) is 6.04 Å². The van der Waals surface area contributed by atoms with Crippen LogP contribution in [-0.4, -0.2) is 34.8 Å². The molecule has 1 aliphatic heterocycles. The van der Waals surface area contributed by atoms with Gasteiger partial charge >= 0.3 is 6.03 Å². The van der Waals surface area contributed by atoms with Crippen molar-refractivity contribution in [2.75, 3.05) is 6.54 Å². The van der Waals surface area contributed by atoms with Crippen LogP contribution in [0, 0.1) is 5.92 Å². The molecule has 1 aromatic rings. The van der Waals surface area contributed by atoms with Crippen LogP contribution in [0.4, 0.5) is 4.79 Å². The van der Waals surface area contributed by atoms with Crippen molar-refractivity contribution < 1.29 is 14.4 Å². The number of carbonyl (C=O) groups excluding carboxylic acids is 3. The largest absolute Gasteiger partial charge is 0.347 e. The number of amides is 4. The number of nitrogens with one attached hydrogen (secondary N) is 2. The Morgan fingerprint density at radius 2 is 1.82 bits per heavy atom. The number of carbonyl (C=O) groups is 3. The number of rotatable bonds is 7. The molecule has 6 nitrogen and oxygen atoms in total. The van der Waals surface area contributed by atoms with Crippen LogP contribution in [0.5, 0.6) is 0 Å². The highest BCUT2D eigenvalue weighted by atomic mass is 16.2. The summed E-state index contributed by atoms with van der Waals surface area (Å²) in [5.74, 6) is -0.379. The third kappa shape index (κ3) is 4.05. The van der Waals surface area contributed by atoms with E-state index in [1.165, 1.54) is 5.56 Å². The minimum absolute atomic E-state index is 0.163. The van der Waals surface area contributed by atoms with Gasteiger partial charge in [-0.05, 0) is 36.3 Å². The summed E-state index contributed by atoms with van der Waals surface area (Å²) in [6.07, 6.45) is 5.30. The summed E-state index contributed by atoms with van der Waals surface area (Å²) < 4.78 is 0. The molecular formula is C22H31N3O3. The molecular weight excluding hydrogens is 354 g/mol. The van der Waals surface area contributed by atoms with Gasteiger partial charge in [0.2, 0.25) is 5.91 Å². The van der Waals surface area contributed by atoms with Gasteiger partial charge in [-0.1, -0.05) is 64.3 Å². The first kappa shape index (κ1) is 20.4. The molecule has 2 fully saturated rings. The van der Waals surface area contributed by atoms with Gasteiger partial charge in [-0.15, -0.1) is 0 Å². The van der Waals surface area contributed by atoms with Gasteiger partial charge in [-0.3, -0.25) is 14.5 Å². The summed E-state index contributed by atoms with van der Waals surface area (Å²) in [7, 11) is 0. The molecule has 6 heteroatoms. The Morgan fingerprint density at radius 3 is 2.39 bits per heavy atom. The number of benzene rings is 1. The predicted molar refractivity (Wildman–Crippen MR) is 108 cm³/mol. The molecule has 1 spiro atoms. The minimum Gasteiger partial charge on any atom is -0.347 e. The second-order valence-electron chi connectivity index (χ2n) is 8.39. The van der Waals surface area contributed by atoms with Gasteiger partial charge < -0.3 is 10.6 Å². The standard InChI is InChI=1S/C22H31N3O3/c1-4-7-16-8-10-17(11-9-16)19(15(2)3)23-18(26)14-25-20(27)22(24-21(25)28)12-5-6-13-22/h8-11,15,19H,4-7,12-14H2,1-3H3,(H,23,26)(H,24,28). The summed E-state index contributed by atoms with van der Waals surface area (Å²) >= 11 is 0. The van der Waals surface area contributed by atoms with Crippen LogP contribution in [-0.2, 0) is 16.0 Å². The average molecular weight is 386 g/mol. The van der Waals surface area contributed by atoms with Crippen LogP contribution in [0.1, 0.15) is 70.0 Å². The first-order chi connectivity index (χ1) is 13.4. The van der Waals surface area contributed by atoms with Crippen LogP contribution >= 0.6 is 0 Å². The Labute approximate surface area is 167 Å². The number of hydrogen-bond acceptors (Lipinski definition) is 3. The van der Waals surface area contributed by atoms with Gasteiger partial charge in [-0.2, -0.15) is 0 Å². The molecule has 0 radical (unpaired) electrons. The van der Waals surface area contributed by atoms with Gasteiger partial charge in [-0.25, -0.2) is 4.79 Å². The summed E-state index contributed by atoms with van der Waals surface area (Å²) in [6.45, 7) is 6.01. The van der Waals surface area contributed by atoms with E-state index < -0.39 is 11.6 Å². The van der Waals surface area contributed by atoms with Crippen molar-refractivity contribution in [3.05, 3.63) is 35.4 Å². The van der Waals surface area contributed by atoms with Crippen molar-refractivity contribution in [2.24, 2.45) is 5.92 Å². The van der Waals surface area contributed by atoms with E-state index in [0.717, 1.165) is 36.1 Å². The third-order valence-electron chi connectivity index (χ3n) is 5.87. The topological polar surface area (TPSA) is 78.5 Å². The van der Waals surface area contributed by atoms with E-state index >= 15 is 0 Å². The Bertz CT molecular complexity index is 736. The van der Waals surface area contributed by atoms with E-state index in [0.29, 0.717) is 12.8 Å². The summed E-state index contributed by atoms with van der Waals surface area (Å²) in [6, 6.07) is 7.69. The van der Waals surface area contributed by atoms with Crippen molar-refractivity contribution in [3.63, 3.8) is 0 Å². The Kier molecular flexibility index (Phi) is 6.06. The molecule has 152 valence electrons.